The van der Waals surface area contributed by atoms with Crippen molar-refractivity contribution < 1.29 is 14.3 Å². The molecule has 0 saturated carbocycles. The number of nitrogens with one attached hydrogen (secondary N) is 1. The van der Waals surface area contributed by atoms with Crippen molar-refractivity contribution in [3.05, 3.63) is 24.4 Å². The van der Waals surface area contributed by atoms with Gasteiger partial charge in [-0.15, -0.1) is 0 Å². The van der Waals surface area contributed by atoms with Crippen molar-refractivity contribution >= 4 is 17.6 Å². The minimum absolute atomic E-state index is 0.0870. The van der Waals surface area contributed by atoms with Crippen molar-refractivity contribution in [3.63, 3.8) is 0 Å². The molecule has 7 nitrogen and oxygen atoms in total. The summed E-state index contributed by atoms with van der Waals surface area (Å²) in [7, 11) is 0. The number of aromatic nitrogens is 1. The molecule has 0 bridgehead atoms. The highest BCUT2D eigenvalue weighted by atomic mass is 16.5. The summed E-state index contributed by atoms with van der Waals surface area (Å²) in [5.41, 5.74) is 0. The van der Waals surface area contributed by atoms with Crippen LogP contribution in [0.2, 0.25) is 0 Å². The van der Waals surface area contributed by atoms with Crippen molar-refractivity contribution in [1.29, 1.82) is 0 Å². The molecule has 2 saturated heterocycles. The number of carbonyl (C=O) groups excluding carboxylic acids is 2. The normalized spacial score (nSPS) is 20.9. The Labute approximate surface area is 142 Å². The van der Waals surface area contributed by atoms with E-state index in [1.807, 2.05) is 18.2 Å². The van der Waals surface area contributed by atoms with Gasteiger partial charge in [-0.25, -0.2) is 4.98 Å². The van der Waals surface area contributed by atoms with Crippen LogP contribution in [0, 0.1) is 0 Å². The van der Waals surface area contributed by atoms with E-state index in [0.717, 1.165) is 38.4 Å². The predicted octanol–water partition coefficient (Wildman–Crippen LogP) is 0.416. The van der Waals surface area contributed by atoms with Crippen LogP contribution in [0.25, 0.3) is 0 Å². The summed E-state index contributed by atoms with van der Waals surface area (Å²) >= 11 is 0. The summed E-state index contributed by atoms with van der Waals surface area (Å²) in [5.74, 6) is 0.599. The molecule has 1 unspecified atom stereocenters. The van der Waals surface area contributed by atoms with Crippen LogP contribution in [0.15, 0.2) is 24.4 Å². The standard InChI is InChI=1S/C17H24N4O3/c22-16(19-13-14-4-3-11-24-14)12-17(23)21-9-7-20(8-10-21)15-5-1-2-6-18-15/h1-2,5-6,14H,3-4,7-13H2,(H,19,22). The van der Waals surface area contributed by atoms with Crippen LogP contribution in [0.3, 0.4) is 0 Å². The van der Waals surface area contributed by atoms with E-state index in [1.165, 1.54) is 0 Å². The maximum Gasteiger partial charge on any atom is 0.232 e. The number of amides is 2. The maximum absolute atomic E-state index is 12.2. The van der Waals surface area contributed by atoms with Crippen LogP contribution in [-0.2, 0) is 14.3 Å². The molecular formula is C17H24N4O3. The molecule has 2 amide bonds. The minimum atomic E-state index is -0.220. The zero-order valence-corrected chi connectivity index (χ0v) is 13.8. The van der Waals surface area contributed by atoms with E-state index >= 15 is 0 Å². The zero-order chi connectivity index (χ0) is 16.8. The molecule has 1 aromatic heterocycles. The van der Waals surface area contributed by atoms with Crippen LogP contribution in [0.5, 0.6) is 0 Å². The molecule has 2 aliphatic heterocycles. The van der Waals surface area contributed by atoms with Crippen molar-refractivity contribution in [2.45, 2.75) is 25.4 Å². The Hall–Kier alpha value is -2.15. The third kappa shape index (κ3) is 4.44. The van der Waals surface area contributed by atoms with E-state index in [1.54, 1.807) is 11.1 Å². The van der Waals surface area contributed by atoms with Crippen LogP contribution < -0.4 is 10.2 Å². The average molecular weight is 332 g/mol. The Balaban J connectivity index is 1.39. The lowest BCUT2D eigenvalue weighted by Gasteiger charge is -2.35. The first-order valence-electron chi connectivity index (χ1n) is 8.54. The number of hydrogen-bond donors (Lipinski definition) is 1. The molecule has 0 aliphatic carbocycles. The van der Waals surface area contributed by atoms with Gasteiger partial charge in [0.2, 0.25) is 11.8 Å². The van der Waals surface area contributed by atoms with Crippen LogP contribution in [0.1, 0.15) is 19.3 Å². The van der Waals surface area contributed by atoms with Gasteiger partial charge in [0.25, 0.3) is 0 Å². The highest BCUT2D eigenvalue weighted by molar-refractivity contribution is 5.97. The number of carbonyl (C=O) groups is 2. The number of rotatable bonds is 5. The molecule has 1 aromatic rings. The summed E-state index contributed by atoms with van der Waals surface area (Å²) in [4.78, 5) is 32.4. The Bertz CT molecular complexity index is 552. The lowest BCUT2D eigenvalue weighted by molar-refractivity contribution is -0.136. The molecule has 1 N–H and O–H groups in total. The topological polar surface area (TPSA) is 74.8 Å². The average Bonchev–Trinajstić information content (AvgIpc) is 3.14. The van der Waals surface area contributed by atoms with Crippen molar-refractivity contribution in [1.82, 2.24) is 15.2 Å². The summed E-state index contributed by atoms with van der Waals surface area (Å²) in [5, 5.41) is 2.80. The molecule has 7 heteroatoms. The molecule has 0 spiro atoms. The number of ether oxygens (including phenoxy) is 1. The number of anilines is 1. The van der Waals surface area contributed by atoms with Crippen molar-refractivity contribution in [3.8, 4) is 0 Å². The second-order valence-corrected chi connectivity index (χ2v) is 6.17. The Morgan fingerprint density at radius 2 is 2.08 bits per heavy atom. The Morgan fingerprint density at radius 3 is 2.75 bits per heavy atom. The van der Waals surface area contributed by atoms with Gasteiger partial charge in [-0.1, -0.05) is 6.07 Å². The number of hydrogen-bond acceptors (Lipinski definition) is 5. The number of nitrogens with zero attached hydrogens (tertiary/aromatic N) is 3. The molecular weight excluding hydrogens is 308 g/mol. The smallest absolute Gasteiger partial charge is 0.232 e. The van der Waals surface area contributed by atoms with E-state index in [9.17, 15) is 9.59 Å². The quantitative estimate of drug-likeness (QED) is 0.791. The van der Waals surface area contributed by atoms with Crippen LogP contribution in [0.4, 0.5) is 5.82 Å². The predicted molar refractivity (Wildman–Crippen MR) is 89.6 cm³/mol. The van der Waals surface area contributed by atoms with Gasteiger partial charge in [0.1, 0.15) is 12.2 Å². The van der Waals surface area contributed by atoms with Gasteiger partial charge in [0, 0.05) is 45.5 Å². The second kappa shape index (κ2) is 8.10. The fraction of sp³-hybridized carbons (Fsp3) is 0.588. The first kappa shape index (κ1) is 16.7. The van der Waals surface area contributed by atoms with Crippen LogP contribution in [-0.4, -0.2) is 67.1 Å². The van der Waals surface area contributed by atoms with E-state index in [-0.39, 0.29) is 24.3 Å². The lowest BCUT2D eigenvalue weighted by atomic mass is 10.2. The molecule has 0 radical (unpaired) electrons. The zero-order valence-electron chi connectivity index (χ0n) is 13.8. The summed E-state index contributed by atoms with van der Waals surface area (Å²) in [6.45, 7) is 3.98. The summed E-state index contributed by atoms with van der Waals surface area (Å²) in [6.07, 6.45) is 3.80. The largest absolute Gasteiger partial charge is 0.376 e. The highest BCUT2D eigenvalue weighted by Crippen LogP contribution is 2.13. The number of pyridine rings is 1. The molecule has 24 heavy (non-hydrogen) atoms. The fourth-order valence-electron chi connectivity index (χ4n) is 3.07. The maximum atomic E-state index is 12.2. The van der Waals surface area contributed by atoms with E-state index in [4.69, 9.17) is 4.74 Å². The van der Waals surface area contributed by atoms with Gasteiger partial charge in [-0.05, 0) is 25.0 Å². The SMILES string of the molecule is O=C(CC(=O)N1CCN(c2ccccn2)CC1)NCC1CCCO1. The third-order valence-electron chi connectivity index (χ3n) is 4.47. The third-order valence-corrected chi connectivity index (χ3v) is 4.47. The van der Waals surface area contributed by atoms with E-state index in [0.29, 0.717) is 19.6 Å². The fourth-order valence-corrected chi connectivity index (χ4v) is 3.07. The van der Waals surface area contributed by atoms with E-state index < -0.39 is 0 Å². The van der Waals surface area contributed by atoms with Gasteiger partial charge < -0.3 is 19.9 Å². The lowest BCUT2D eigenvalue weighted by Crippen LogP contribution is -2.50. The number of piperazine rings is 1. The van der Waals surface area contributed by atoms with E-state index in [2.05, 4.69) is 15.2 Å². The highest BCUT2D eigenvalue weighted by Gasteiger charge is 2.24. The molecule has 3 rings (SSSR count). The van der Waals surface area contributed by atoms with Gasteiger partial charge in [-0.3, -0.25) is 9.59 Å². The van der Waals surface area contributed by atoms with Gasteiger partial charge in [-0.2, -0.15) is 0 Å². The second-order valence-electron chi connectivity index (χ2n) is 6.17. The summed E-state index contributed by atoms with van der Waals surface area (Å²) in [6, 6.07) is 5.81. The minimum Gasteiger partial charge on any atom is -0.376 e. The van der Waals surface area contributed by atoms with Gasteiger partial charge >= 0.3 is 0 Å². The molecule has 2 fully saturated rings. The van der Waals surface area contributed by atoms with Crippen molar-refractivity contribution in [2.75, 3.05) is 44.2 Å². The molecule has 3 heterocycles. The van der Waals surface area contributed by atoms with Crippen molar-refractivity contribution in [2.24, 2.45) is 0 Å². The summed E-state index contributed by atoms with van der Waals surface area (Å²) < 4.78 is 5.46. The van der Waals surface area contributed by atoms with Gasteiger partial charge in [0.05, 0.1) is 6.10 Å². The Kier molecular flexibility index (Phi) is 5.63. The molecule has 2 aliphatic rings. The van der Waals surface area contributed by atoms with Crippen LogP contribution >= 0.6 is 0 Å². The molecule has 0 aromatic carbocycles. The first-order chi connectivity index (χ1) is 11.7. The Morgan fingerprint density at radius 1 is 1.25 bits per heavy atom. The van der Waals surface area contributed by atoms with Gasteiger partial charge in [0.15, 0.2) is 0 Å². The molecule has 1 atom stereocenters. The molecule has 130 valence electrons. The monoisotopic (exact) mass is 332 g/mol. The first-order valence-corrected chi connectivity index (χ1v) is 8.54.